The van der Waals surface area contributed by atoms with Crippen molar-refractivity contribution < 1.29 is 26.3 Å². The molecule has 1 saturated heterocycles. The van der Waals surface area contributed by atoms with Crippen molar-refractivity contribution >= 4 is 27.3 Å². The molecular weight excluding hydrogens is 527 g/mol. The number of rotatable bonds is 5. The molecule has 2 aromatic heterocycles. The summed E-state index contributed by atoms with van der Waals surface area (Å²) in [6.45, 7) is 1.16. The van der Waals surface area contributed by atoms with E-state index in [-0.39, 0.29) is 28.7 Å². The van der Waals surface area contributed by atoms with E-state index in [1.54, 1.807) is 6.07 Å². The fourth-order valence-electron chi connectivity index (χ4n) is 4.24. The average Bonchev–Trinajstić information content (AvgIpc) is 3.30. The minimum absolute atomic E-state index is 0.0279. The van der Waals surface area contributed by atoms with E-state index in [9.17, 15) is 12.8 Å². The Labute approximate surface area is 214 Å². The fraction of sp³-hybridized carbons (Fsp3) is 0.208. The van der Waals surface area contributed by atoms with Crippen LogP contribution in [0.5, 0.6) is 0 Å². The molecule has 0 atom stereocenters. The number of hydrogen-bond acceptors (Lipinski definition) is 8. The molecule has 0 aliphatic carbocycles. The number of benzene rings is 2. The van der Waals surface area contributed by atoms with Crippen molar-refractivity contribution in [3.8, 4) is 33.0 Å². The molecular formula is C24H20F3N5O3S2. The third-order valence-electron chi connectivity index (χ3n) is 6.00. The predicted octanol–water partition coefficient (Wildman–Crippen LogP) is 4.48. The summed E-state index contributed by atoms with van der Waals surface area (Å²) in [6, 6.07) is 7.51. The first-order valence-corrected chi connectivity index (χ1v) is 13.5. The van der Waals surface area contributed by atoms with E-state index < -0.39 is 37.9 Å². The van der Waals surface area contributed by atoms with Crippen molar-refractivity contribution in [2.24, 2.45) is 5.14 Å². The largest absolute Gasteiger partial charge is 0.381 e. The maximum atomic E-state index is 16.0. The van der Waals surface area contributed by atoms with Gasteiger partial charge in [-0.3, -0.25) is 0 Å². The third-order valence-corrected chi connectivity index (χ3v) is 8.18. The van der Waals surface area contributed by atoms with Gasteiger partial charge in [-0.05, 0) is 37.1 Å². The SMILES string of the molecule is Nc1nccc(-c2sc(C3CCOCC3)nc2-c2cccc(-c3ccc(F)c(S(N)(=O)=O)c3F)c2F)n1. The van der Waals surface area contributed by atoms with Crippen LogP contribution in [0.3, 0.4) is 0 Å². The van der Waals surface area contributed by atoms with Gasteiger partial charge in [0.15, 0.2) is 10.7 Å². The Balaban J connectivity index is 1.70. The quantitative estimate of drug-likeness (QED) is 0.376. The summed E-state index contributed by atoms with van der Waals surface area (Å²) in [5.74, 6) is -3.60. The summed E-state index contributed by atoms with van der Waals surface area (Å²) in [6.07, 6.45) is 2.97. The lowest BCUT2D eigenvalue weighted by atomic mass is 9.98. The van der Waals surface area contributed by atoms with Crippen molar-refractivity contribution in [1.29, 1.82) is 0 Å². The highest BCUT2D eigenvalue weighted by Gasteiger charge is 2.28. The van der Waals surface area contributed by atoms with E-state index >= 15 is 8.78 Å². The van der Waals surface area contributed by atoms with E-state index in [2.05, 4.69) is 9.97 Å². The molecule has 3 heterocycles. The van der Waals surface area contributed by atoms with Gasteiger partial charge in [0.25, 0.3) is 0 Å². The number of nitrogen functional groups attached to an aromatic ring is 1. The Kier molecular flexibility index (Phi) is 6.70. The van der Waals surface area contributed by atoms with E-state index in [1.807, 2.05) is 0 Å². The number of nitrogens with two attached hydrogens (primary N) is 2. The molecule has 8 nitrogen and oxygen atoms in total. The third kappa shape index (κ3) is 4.82. The molecule has 5 rings (SSSR count). The van der Waals surface area contributed by atoms with Crippen molar-refractivity contribution in [1.82, 2.24) is 15.0 Å². The van der Waals surface area contributed by atoms with Crippen LogP contribution in [0.2, 0.25) is 0 Å². The van der Waals surface area contributed by atoms with E-state index in [0.717, 1.165) is 30.0 Å². The summed E-state index contributed by atoms with van der Waals surface area (Å²) in [5.41, 5.74) is 5.77. The number of ether oxygens (including phenoxy) is 1. The summed E-state index contributed by atoms with van der Waals surface area (Å²) < 4.78 is 74.3. The van der Waals surface area contributed by atoms with Gasteiger partial charge >= 0.3 is 0 Å². The lowest BCUT2D eigenvalue weighted by molar-refractivity contribution is 0.0853. The van der Waals surface area contributed by atoms with Crippen molar-refractivity contribution in [3.63, 3.8) is 0 Å². The van der Waals surface area contributed by atoms with E-state index in [0.29, 0.717) is 23.8 Å². The van der Waals surface area contributed by atoms with Gasteiger partial charge in [0, 0.05) is 42.0 Å². The molecule has 1 aliphatic heterocycles. The first-order chi connectivity index (χ1) is 17.6. The zero-order chi connectivity index (χ0) is 26.3. The van der Waals surface area contributed by atoms with Gasteiger partial charge in [-0.1, -0.05) is 12.1 Å². The first-order valence-electron chi connectivity index (χ1n) is 11.1. The number of nitrogens with zero attached hydrogens (tertiary/aromatic N) is 3. The molecule has 2 aromatic carbocycles. The molecule has 0 radical (unpaired) electrons. The van der Waals surface area contributed by atoms with Gasteiger partial charge in [0.05, 0.1) is 21.3 Å². The lowest BCUT2D eigenvalue weighted by Crippen LogP contribution is -2.16. The summed E-state index contributed by atoms with van der Waals surface area (Å²) >= 11 is 1.35. The molecule has 4 aromatic rings. The monoisotopic (exact) mass is 547 g/mol. The van der Waals surface area contributed by atoms with Crippen LogP contribution in [-0.4, -0.2) is 36.6 Å². The van der Waals surface area contributed by atoms with Crippen LogP contribution < -0.4 is 10.9 Å². The molecule has 0 bridgehead atoms. The van der Waals surface area contributed by atoms with Crippen LogP contribution in [0, 0.1) is 17.5 Å². The van der Waals surface area contributed by atoms with E-state index in [1.165, 1.54) is 35.7 Å². The van der Waals surface area contributed by atoms with Gasteiger partial charge in [-0.25, -0.2) is 41.7 Å². The second-order valence-electron chi connectivity index (χ2n) is 8.37. The van der Waals surface area contributed by atoms with Crippen LogP contribution in [0.15, 0.2) is 47.5 Å². The summed E-state index contributed by atoms with van der Waals surface area (Å²) in [5, 5.41) is 5.76. The number of aromatic nitrogens is 3. The standard InChI is InChI=1S/C24H20F3N5O3S2/c25-16-5-4-14(19(27)22(16)37(29,33)34)13-2-1-3-15(18(13)26)20-21(17-6-9-30-24(28)31-17)36-23(32-20)12-7-10-35-11-8-12/h1-6,9,12H,7-8,10-11H2,(H2,28,30,31)(H2,29,33,34). The van der Waals surface area contributed by atoms with Gasteiger partial charge in [0.2, 0.25) is 16.0 Å². The smallest absolute Gasteiger partial charge is 0.243 e. The normalized spacial score (nSPS) is 14.7. The minimum atomic E-state index is -4.75. The Morgan fingerprint density at radius 1 is 0.946 bits per heavy atom. The molecule has 1 fully saturated rings. The Morgan fingerprint density at radius 2 is 1.65 bits per heavy atom. The lowest BCUT2D eigenvalue weighted by Gasteiger charge is -2.19. The molecule has 0 amide bonds. The number of hydrogen-bond donors (Lipinski definition) is 2. The number of thiazole rings is 1. The van der Waals surface area contributed by atoms with Crippen LogP contribution in [0.25, 0.3) is 33.0 Å². The molecule has 0 unspecified atom stereocenters. The van der Waals surface area contributed by atoms with Crippen LogP contribution in [0.1, 0.15) is 23.8 Å². The fourth-order valence-corrected chi connectivity index (χ4v) is 6.15. The molecule has 4 N–H and O–H groups in total. The zero-order valence-corrected chi connectivity index (χ0v) is 20.8. The number of halogens is 3. The topological polar surface area (TPSA) is 134 Å². The summed E-state index contributed by atoms with van der Waals surface area (Å²) in [4.78, 5) is 12.1. The highest BCUT2D eigenvalue weighted by atomic mass is 32.2. The number of sulfonamides is 1. The van der Waals surface area contributed by atoms with Crippen molar-refractivity contribution in [2.45, 2.75) is 23.7 Å². The second kappa shape index (κ2) is 9.82. The van der Waals surface area contributed by atoms with E-state index in [4.69, 9.17) is 20.6 Å². The van der Waals surface area contributed by atoms with Gasteiger partial charge < -0.3 is 10.5 Å². The molecule has 1 aliphatic rings. The van der Waals surface area contributed by atoms with Gasteiger partial charge in [-0.2, -0.15) is 0 Å². The van der Waals surface area contributed by atoms with Crippen LogP contribution in [-0.2, 0) is 14.8 Å². The van der Waals surface area contributed by atoms with Crippen LogP contribution >= 0.6 is 11.3 Å². The maximum absolute atomic E-state index is 16.0. The zero-order valence-electron chi connectivity index (χ0n) is 19.1. The minimum Gasteiger partial charge on any atom is -0.381 e. The highest BCUT2D eigenvalue weighted by Crippen LogP contribution is 2.43. The number of anilines is 1. The molecule has 37 heavy (non-hydrogen) atoms. The molecule has 0 saturated carbocycles. The highest BCUT2D eigenvalue weighted by molar-refractivity contribution is 7.89. The van der Waals surface area contributed by atoms with Gasteiger partial charge in [-0.15, -0.1) is 11.3 Å². The Hall–Kier alpha value is -3.39. The number of primary sulfonamides is 1. The van der Waals surface area contributed by atoms with Crippen LogP contribution in [0.4, 0.5) is 19.1 Å². The molecule has 192 valence electrons. The Morgan fingerprint density at radius 3 is 2.35 bits per heavy atom. The molecule has 0 spiro atoms. The first kappa shape index (κ1) is 25.3. The second-order valence-corrected chi connectivity index (χ2v) is 10.9. The Bertz CT molecular complexity index is 1610. The summed E-state index contributed by atoms with van der Waals surface area (Å²) in [7, 11) is -4.75. The van der Waals surface area contributed by atoms with Crippen molar-refractivity contribution in [3.05, 3.63) is 65.1 Å². The van der Waals surface area contributed by atoms with Gasteiger partial charge in [0.1, 0.15) is 11.6 Å². The average molecular weight is 548 g/mol. The van der Waals surface area contributed by atoms with Crippen molar-refractivity contribution in [2.75, 3.05) is 18.9 Å². The predicted molar refractivity (Wildman–Crippen MR) is 132 cm³/mol. The maximum Gasteiger partial charge on any atom is 0.243 e. The molecule has 13 heteroatoms.